The van der Waals surface area contributed by atoms with Gasteiger partial charge in [-0.3, -0.25) is 4.99 Å². The van der Waals surface area contributed by atoms with Crippen LogP contribution < -0.4 is 0 Å². The Morgan fingerprint density at radius 3 is 2.40 bits per heavy atom. The van der Waals surface area contributed by atoms with Gasteiger partial charge in [-0.25, -0.2) is 0 Å². The second kappa shape index (κ2) is 4.22. The van der Waals surface area contributed by atoms with E-state index in [2.05, 4.69) is 11.6 Å². The second-order valence-electron chi connectivity index (χ2n) is 1.97. The largest absolute Gasteiger partial charge is 0.289 e. The Hall–Kier alpha value is 0.280. The zero-order valence-corrected chi connectivity index (χ0v) is 7.84. The van der Waals surface area contributed by atoms with Crippen molar-refractivity contribution in [3.63, 3.8) is 0 Å². The molecule has 0 saturated carbocycles. The Balaban J connectivity index is 3.67. The van der Waals surface area contributed by atoms with Crippen molar-refractivity contribution in [1.82, 2.24) is 0 Å². The van der Waals surface area contributed by atoms with Crippen LogP contribution in [0, 0.1) is 0 Å². The third kappa shape index (κ3) is 8.28. The van der Waals surface area contributed by atoms with Crippen molar-refractivity contribution < 1.29 is 0 Å². The number of hydrogen-bond acceptors (Lipinski definition) is 1. The predicted octanol–water partition coefficient (Wildman–Crippen LogP) is 3.00. The highest BCUT2D eigenvalue weighted by atomic mass is 35.6. The van der Waals surface area contributed by atoms with Crippen molar-refractivity contribution in [2.45, 2.75) is 10.7 Å². The highest BCUT2D eigenvalue weighted by Gasteiger charge is 2.14. The molecule has 10 heavy (non-hydrogen) atoms. The molecule has 0 heterocycles. The summed E-state index contributed by atoms with van der Waals surface area (Å²) in [7, 11) is 0. The molecule has 0 atom stereocenters. The van der Waals surface area contributed by atoms with Crippen molar-refractivity contribution in [2.24, 2.45) is 4.99 Å². The summed E-state index contributed by atoms with van der Waals surface area (Å²) in [6, 6.07) is 0. The fraction of sp³-hybridized carbons (Fsp3) is 0.500. The molecule has 4 heteroatoms. The van der Waals surface area contributed by atoms with Gasteiger partial charge < -0.3 is 0 Å². The van der Waals surface area contributed by atoms with Crippen LogP contribution in [0.3, 0.4) is 0 Å². The van der Waals surface area contributed by atoms with E-state index in [0.717, 1.165) is 5.57 Å². The van der Waals surface area contributed by atoms with E-state index in [9.17, 15) is 0 Å². The minimum absolute atomic E-state index is 0.508. The first-order chi connectivity index (χ1) is 4.42. The van der Waals surface area contributed by atoms with Gasteiger partial charge >= 0.3 is 0 Å². The van der Waals surface area contributed by atoms with Crippen molar-refractivity contribution in [3.05, 3.63) is 12.2 Å². The predicted molar refractivity (Wildman–Crippen MR) is 48.5 cm³/mol. The Labute approximate surface area is 75.7 Å². The van der Waals surface area contributed by atoms with Crippen LogP contribution in [-0.2, 0) is 0 Å². The fourth-order valence-corrected chi connectivity index (χ4v) is 0.512. The Kier molecular flexibility index (Phi) is 4.34. The summed E-state index contributed by atoms with van der Waals surface area (Å²) in [5.74, 6) is 0. The summed E-state index contributed by atoms with van der Waals surface area (Å²) in [6.07, 6.45) is 1.27. The number of aliphatic imine (C=N–C) groups is 1. The third-order valence-corrected chi connectivity index (χ3v) is 0.892. The molecule has 0 radical (unpaired) electrons. The van der Waals surface area contributed by atoms with Crippen molar-refractivity contribution in [1.29, 1.82) is 0 Å². The molecule has 0 aromatic heterocycles. The summed E-state index contributed by atoms with van der Waals surface area (Å²) >= 11 is 16.1. The monoisotopic (exact) mass is 199 g/mol. The first-order valence-corrected chi connectivity index (χ1v) is 3.77. The Morgan fingerprint density at radius 1 is 1.60 bits per heavy atom. The Bertz CT molecular complexity index is 146. The first kappa shape index (κ1) is 10.3. The van der Waals surface area contributed by atoms with Gasteiger partial charge in [0.2, 0.25) is 3.79 Å². The highest BCUT2D eigenvalue weighted by molar-refractivity contribution is 6.74. The van der Waals surface area contributed by atoms with Gasteiger partial charge in [0.15, 0.2) is 0 Å². The maximum absolute atomic E-state index is 5.37. The normalized spacial score (nSPS) is 12.4. The number of alkyl halides is 3. The maximum Gasteiger partial charge on any atom is 0.225 e. The van der Waals surface area contributed by atoms with E-state index in [1.165, 1.54) is 6.21 Å². The van der Waals surface area contributed by atoms with Gasteiger partial charge in [-0.15, -0.1) is 0 Å². The molecule has 0 fully saturated rings. The van der Waals surface area contributed by atoms with Gasteiger partial charge in [0.25, 0.3) is 0 Å². The van der Waals surface area contributed by atoms with E-state index in [4.69, 9.17) is 34.8 Å². The number of hydrogen-bond donors (Lipinski definition) is 0. The summed E-state index contributed by atoms with van der Waals surface area (Å²) in [6.45, 7) is 6.00. The van der Waals surface area contributed by atoms with E-state index in [1.54, 1.807) is 0 Å². The molecule has 0 N–H and O–H groups in total. The molecular formula is C6H8Cl3N. The first-order valence-electron chi connectivity index (χ1n) is 2.64. The van der Waals surface area contributed by atoms with Gasteiger partial charge in [0, 0.05) is 0 Å². The average Bonchev–Trinajstić information content (AvgIpc) is 1.59. The lowest BCUT2D eigenvalue weighted by molar-refractivity contribution is 1.15. The van der Waals surface area contributed by atoms with Crippen molar-refractivity contribution in [2.75, 3.05) is 6.54 Å². The molecule has 0 amide bonds. The molecule has 0 saturated heterocycles. The summed E-state index contributed by atoms with van der Waals surface area (Å²) < 4.78 is -1.38. The Morgan fingerprint density at radius 2 is 2.10 bits per heavy atom. The standard InChI is InChI=1S/C6H8Cl3N/c1-5(2)3-10-4-6(7,8)9/h4H,1,3H2,2H3. The zero-order valence-electron chi connectivity index (χ0n) is 5.57. The number of rotatable bonds is 2. The minimum atomic E-state index is -1.38. The molecule has 0 rings (SSSR count). The fourth-order valence-electron chi connectivity index (χ4n) is 0.305. The van der Waals surface area contributed by atoms with Gasteiger partial charge in [-0.05, 0) is 6.92 Å². The van der Waals surface area contributed by atoms with Crippen LogP contribution in [-0.4, -0.2) is 16.6 Å². The molecule has 0 bridgehead atoms. The van der Waals surface area contributed by atoms with Crippen molar-refractivity contribution in [3.8, 4) is 0 Å². The van der Waals surface area contributed by atoms with Crippen LogP contribution in [0.25, 0.3) is 0 Å². The second-order valence-corrected chi connectivity index (χ2v) is 4.34. The van der Waals surface area contributed by atoms with Crippen LogP contribution in [0.2, 0.25) is 0 Å². The molecule has 0 aliphatic heterocycles. The molecule has 0 aliphatic rings. The molecule has 0 aromatic carbocycles. The van der Waals surface area contributed by atoms with E-state index in [-0.39, 0.29) is 0 Å². The van der Waals surface area contributed by atoms with Crippen LogP contribution in [0.15, 0.2) is 17.1 Å². The lowest BCUT2D eigenvalue weighted by atomic mass is 10.4. The molecule has 0 aliphatic carbocycles. The quantitative estimate of drug-likeness (QED) is 0.369. The maximum atomic E-state index is 5.37. The molecule has 58 valence electrons. The highest BCUT2D eigenvalue weighted by Crippen LogP contribution is 2.22. The minimum Gasteiger partial charge on any atom is -0.289 e. The molecule has 0 spiro atoms. The third-order valence-electron chi connectivity index (χ3n) is 0.599. The summed E-state index contributed by atoms with van der Waals surface area (Å²) in [5.41, 5.74) is 0.936. The topological polar surface area (TPSA) is 12.4 Å². The smallest absolute Gasteiger partial charge is 0.225 e. The number of nitrogens with zero attached hydrogens (tertiary/aromatic N) is 1. The van der Waals surface area contributed by atoms with Gasteiger partial charge in [-0.2, -0.15) is 0 Å². The van der Waals surface area contributed by atoms with Gasteiger partial charge in [0.1, 0.15) is 0 Å². The number of halogens is 3. The SMILES string of the molecule is C=C(C)CN=CC(Cl)(Cl)Cl. The lowest BCUT2D eigenvalue weighted by Gasteiger charge is -2.00. The van der Waals surface area contributed by atoms with Crippen LogP contribution in [0.4, 0.5) is 0 Å². The van der Waals surface area contributed by atoms with Gasteiger partial charge in [0.05, 0.1) is 12.8 Å². The van der Waals surface area contributed by atoms with E-state index < -0.39 is 3.79 Å². The zero-order chi connectivity index (χ0) is 8.20. The van der Waals surface area contributed by atoms with Crippen LogP contribution in [0.5, 0.6) is 0 Å². The van der Waals surface area contributed by atoms with Crippen LogP contribution >= 0.6 is 34.8 Å². The molecule has 0 unspecified atom stereocenters. The van der Waals surface area contributed by atoms with E-state index in [1.807, 2.05) is 6.92 Å². The van der Waals surface area contributed by atoms with E-state index in [0.29, 0.717) is 6.54 Å². The summed E-state index contributed by atoms with van der Waals surface area (Å²) in [5, 5.41) is 0. The molecule has 0 aromatic rings. The molecule has 1 nitrogen and oxygen atoms in total. The summed E-state index contributed by atoms with van der Waals surface area (Å²) in [4.78, 5) is 3.82. The van der Waals surface area contributed by atoms with E-state index >= 15 is 0 Å². The van der Waals surface area contributed by atoms with Gasteiger partial charge in [-0.1, -0.05) is 47.0 Å². The average molecular weight is 200 g/mol. The van der Waals surface area contributed by atoms with Crippen molar-refractivity contribution >= 4 is 41.0 Å². The van der Waals surface area contributed by atoms with Crippen LogP contribution in [0.1, 0.15) is 6.92 Å². The molecular weight excluding hydrogens is 192 g/mol. The lowest BCUT2D eigenvalue weighted by Crippen LogP contribution is -2.03.